The Morgan fingerprint density at radius 2 is 2.06 bits per heavy atom. The molecule has 2 N–H and O–H groups in total. The molecule has 0 fully saturated rings. The molecule has 0 saturated heterocycles. The summed E-state index contributed by atoms with van der Waals surface area (Å²) in [5, 5.41) is 11.6. The summed E-state index contributed by atoms with van der Waals surface area (Å²) in [4.78, 5) is 21.2. The van der Waals surface area contributed by atoms with Crippen LogP contribution in [0.25, 0.3) is 0 Å². The minimum atomic E-state index is -0.822. The number of carboxylic acid groups (broad SMARTS) is 1. The molecular formula is C12H20N4O2. The van der Waals surface area contributed by atoms with Crippen molar-refractivity contribution >= 4 is 17.6 Å². The van der Waals surface area contributed by atoms with Crippen molar-refractivity contribution in [1.29, 1.82) is 0 Å². The normalized spacial score (nSPS) is 10.2. The minimum absolute atomic E-state index is 0.0731. The van der Waals surface area contributed by atoms with Crippen LogP contribution in [0.3, 0.4) is 0 Å². The van der Waals surface area contributed by atoms with Crippen LogP contribution in [0, 0.1) is 6.92 Å². The lowest BCUT2D eigenvalue weighted by atomic mass is 10.4. The fourth-order valence-corrected chi connectivity index (χ4v) is 1.65. The van der Waals surface area contributed by atoms with Crippen LogP contribution in [0.1, 0.15) is 26.1 Å². The summed E-state index contributed by atoms with van der Waals surface area (Å²) < 4.78 is 0. The highest BCUT2D eigenvalue weighted by Crippen LogP contribution is 2.15. The predicted octanol–water partition coefficient (Wildman–Crippen LogP) is 1.52. The Kier molecular flexibility index (Phi) is 5.35. The van der Waals surface area contributed by atoms with Crippen LogP contribution in [0.2, 0.25) is 0 Å². The van der Waals surface area contributed by atoms with E-state index >= 15 is 0 Å². The third kappa shape index (κ3) is 4.20. The number of nitrogens with one attached hydrogen (secondary N) is 1. The van der Waals surface area contributed by atoms with Crippen LogP contribution in [0.4, 0.5) is 11.6 Å². The van der Waals surface area contributed by atoms with Gasteiger partial charge in [-0.15, -0.1) is 0 Å². The van der Waals surface area contributed by atoms with Crippen molar-refractivity contribution in [3.05, 3.63) is 11.9 Å². The smallest absolute Gasteiger partial charge is 0.305 e. The van der Waals surface area contributed by atoms with Crippen molar-refractivity contribution in [3.8, 4) is 0 Å². The van der Waals surface area contributed by atoms with Gasteiger partial charge >= 0.3 is 5.97 Å². The molecule has 0 unspecified atom stereocenters. The number of nitrogens with zero attached hydrogens (tertiary/aromatic N) is 3. The molecule has 0 atom stereocenters. The monoisotopic (exact) mass is 252 g/mol. The Balaban J connectivity index is 2.77. The third-order valence-corrected chi connectivity index (χ3v) is 2.56. The molecule has 18 heavy (non-hydrogen) atoms. The molecule has 1 aromatic rings. The SMILES string of the molecule is CCN(CC)c1cc(NCCC(=O)O)nc(C)n1. The maximum atomic E-state index is 10.4. The Bertz CT molecular complexity index is 405. The van der Waals surface area contributed by atoms with Gasteiger partial charge in [0.25, 0.3) is 0 Å². The summed E-state index contributed by atoms with van der Waals surface area (Å²) in [6.07, 6.45) is 0.0731. The molecule has 0 aliphatic rings. The molecule has 0 aliphatic carbocycles. The van der Waals surface area contributed by atoms with Crippen molar-refractivity contribution in [3.63, 3.8) is 0 Å². The van der Waals surface area contributed by atoms with Crippen molar-refractivity contribution in [2.24, 2.45) is 0 Å². The van der Waals surface area contributed by atoms with Gasteiger partial charge in [0.2, 0.25) is 0 Å². The number of aliphatic carboxylic acids is 1. The molecule has 0 amide bonds. The van der Waals surface area contributed by atoms with Crippen LogP contribution < -0.4 is 10.2 Å². The van der Waals surface area contributed by atoms with Crippen LogP contribution in [0.15, 0.2) is 6.07 Å². The summed E-state index contributed by atoms with van der Waals surface area (Å²) >= 11 is 0. The van der Waals surface area contributed by atoms with E-state index in [1.54, 1.807) is 0 Å². The van der Waals surface area contributed by atoms with Gasteiger partial charge in [-0.05, 0) is 20.8 Å². The first kappa shape index (κ1) is 14.2. The standard InChI is InChI=1S/C12H20N4O2/c1-4-16(5-2)11-8-10(14-9(3)15-11)13-7-6-12(17)18/h8H,4-7H2,1-3H3,(H,17,18)(H,13,14,15). The lowest BCUT2D eigenvalue weighted by molar-refractivity contribution is -0.136. The lowest BCUT2D eigenvalue weighted by Gasteiger charge is -2.20. The number of carboxylic acids is 1. The second kappa shape index (κ2) is 6.78. The molecule has 0 bridgehead atoms. The molecule has 1 rings (SSSR count). The maximum Gasteiger partial charge on any atom is 0.305 e. The zero-order valence-electron chi connectivity index (χ0n) is 11.1. The quantitative estimate of drug-likeness (QED) is 0.766. The van der Waals surface area contributed by atoms with E-state index in [1.807, 2.05) is 13.0 Å². The van der Waals surface area contributed by atoms with Crippen LogP contribution in [0.5, 0.6) is 0 Å². The van der Waals surface area contributed by atoms with Gasteiger partial charge in [0.05, 0.1) is 6.42 Å². The molecular weight excluding hydrogens is 232 g/mol. The van der Waals surface area contributed by atoms with Crippen molar-refractivity contribution < 1.29 is 9.90 Å². The molecule has 0 aliphatic heterocycles. The Labute approximate surface area is 107 Å². The first-order chi connectivity index (χ1) is 8.56. The van der Waals surface area contributed by atoms with Crippen molar-refractivity contribution in [1.82, 2.24) is 9.97 Å². The zero-order chi connectivity index (χ0) is 13.5. The highest BCUT2D eigenvalue weighted by molar-refractivity contribution is 5.67. The van der Waals surface area contributed by atoms with Crippen LogP contribution in [-0.2, 0) is 4.79 Å². The molecule has 1 aromatic heterocycles. The number of anilines is 2. The van der Waals surface area contributed by atoms with Crippen LogP contribution >= 0.6 is 0 Å². The minimum Gasteiger partial charge on any atom is -0.481 e. The molecule has 6 heteroatoms. The lowest BCUT2D eigenvalue weighted by Crippen LogP contribution is -2.23. The second-order valence-corrected chi connectivity index (χ2v) is 3.90. The van der Waals surface area contributed by atoms with Crippen molar-refractivity contribution in [2.75, 3.05) is 29.9 Å². The van der Waals surface area contributed by atoms with Gasteiger partial charge in [-0.1, -0.05) is 0 Å². The van der Waals surface area contributed by atoms with Crippen LogP contribution in [-0.4, -0.2) is 40.7 Å². The maximum absolute atomic E-state index is 10.4. The number of hydrogen-bond donors (Lipinski definition) is 2. The number of aromatic nitrogens is 2. The fraction of sp³-hybridized carbons (Fsp3) is 0.583. The average Bonchev–Trinajstić information content (AvgIpc) is 2.29. The molecule has 100 valence electrons. The fourth-order valence-electron chi connectivity index (χ4n) is 1.65. The van der Waals surface area contributed by atoms with Gasteiger partial charge in [0.15, 0.2) is 0 Å². The Hall–Kier alpha value is -1.85. The molecule has 0 saturated carbocycles. The van der Waals surface area contributed by atoms with Gasteiger partial charge in [0, 0.05) is 25.7 Å². The van der Waals surface area contributed by atoms with E-state index in [2.05, 4.69) is 34.0 Å². The molecule has 0 radical (unpaired) electrons. The van der Waals surface area contributed by atoms with Gasteiger partial charge < -0.3 is 15.3 Å². The summed E-state index contributed by atoms with van der Waals surface area (Å²) in [6, 6.07) is 1.85. The highest BCUT2D eigenvalue weighted by atomic mass is 16.4. The third-order valence-electron chi connectivity index (χ3n) is 2.56. The van der Waals surface area contributed by atoms with Crippen molar-refractivity contribution in [2.45, 2.75) is 27.2 Å². The van der Waals surface area contributed by atoms with E-state index < -0.39 is 5.97 Å². The molecule has 0 aromatic carbocycles. The number of aryl methyl sites for hydroxylation is 1. The zero-order valence-corrected chi connectivity index (χ0v) is 11.1. The summed E-state index contributed by atoms with van der Waals surface area (Å²) in [5.41, 5.74) is 0. The van der Waals surface area contributed by atoms with E-state index in [0.717, 1.165) is 18.9 Å². The number of carbonyl (C=O) groups is 1. The van der Waals surface area contributed by atoms with E-state index in [4.69, 9.17) is 5.11 Å². The second-order valence-electron chi connectivity index (χ2n) is 3.90. The number of rotatable bonds is 7. The Morgan fingerprint density at radius 3 is 2.61 bits per heavy atom. The van der Waals surface area contributed by atoms with E-state index in [1.165, 1.54) is 0 Å². The molecule has 1 heterocycles. The van der Waals surface area contributed by atoms with Gasteiger partial charge in [-0.2, -0.15) is 0 Å². The van der Waals surface area contributed by atoms with E-state index in [0.29, 0.717) is 18.2 Å². The van der Waals surface area contributed by atoms with Gasteiger partial charge in [0.1, 0.15) is 17.5 Å². The first-order valence-electron chi connectivity index (χ1n) is 6.13. The van der Waals surface area contributed by atoms with Gasteiger partial charge in [-0.3, -0.25) is 4.79 Å². The summed E-state index contributed by atoms with van der Waals surface area (Å²) in [7, 11) is 0. The largest absolute Gasteiger partial charge is 0.481 e. The summed E-state index contributed by atoms with van der Waals surface area (Å²) in [6.45, 7) is 8.08. The first-order valence-corrected chi connectivity index (χ1v) is 6.13. The van der Waals surface area contributed by atoms with E-state index in [-0.39, 0.29) is 6.42 Å². The molecule has 0 spiro atoms. The molecule has 6 nitrogen and oxygen atoms in total. The highest BCUT2D eigenvalue weighted by Gasteiger charge is 2.07. The van der Waals surface area contributed by atoms with E-state index in [9.17, 15) is 4.79 Å². The number of hydrogen-bond acceptors (Lipinski definition) is 5. The Morgan fingerprint density at radius 1 is 1.39 bits per heavy atom. The average molecular weight is 252 g/mol. The topological polar surface area (TPSA) is 78.4 Å². The predicted molar refractivity (Wildman–Crippen MR) is 71.1 cm³/mol. The summed E-state index contributed by atoms with van der Waals surface area (Å²) in [5.74, 6) is 1.39. The van der Waals surface area contributed by atoms with Gasteiger partial charge in [-0.25, -0.2) is 9.97 Å².